The first-order chi connectivity index (χ1) is 10.9. The zero-order valence-corrected chi connectivity index (χ0v) is 12.6. The summed E-state index contributed by atoms with van der Waals surface area (Å²) in [5.41, 5.74) is 0.173. The standard InChI is InChI=1S/C6H3N3O7.C5H11NO2/c10-6-4(8(13)14)1-3(7(11)12)2-5(6)9(15)16;1-3(2)4(6)5(7)8/h1-2,10H;3-4H,6H2,1-2H3,(H,7,8)/t;4-/m.0/s1. The first-order valence-electron chi connectivity index (χ1n) is 6.24. The molecule has 24 heavy (non-hydrogen) atoms. The molecule has 13 nitrogen and oxygen atoms in total. The molecule has 0 radical (unpaired) electrons. The molecule has 0 bridgehead atoms. The molecule has 0 unspecified atom stereocenters. The van der Waals surface area contributed by atoms with Gasteiger partial charge in [0.1, 0.15) is 0 Å². The molecular weight excluding hydrogens is 332 g/mol. The normalized spacial score (nSPS) is 11.2. The van der Waals surface area contributed by atoms with Crippen molar-refractivity contribution in [1.82, 2.24) is 0 Å². The quantitative estimate of drug-likeness (QED) is 0.532. The number of benzene rings is 1. The second-order valence-electron chi connectivity index (χ2n) is 4.77. The molecule has 0 spiro atoms. The molecule has 0 aromatic heterocycles. The molecule has 1 aromatic carbocycles. The van der Waals surface area contributed by atoms with Crippen LogP contribution in [0.4, 0.5) is 17.1 Å². The summed E-state index contributed by atoms with van der Waals surface area (Å²) in [4.78, 5) is 37.6. The zero-order valence-electron chi connectivity index (χ0n) is 12.6. The summed E-state index contributed by atoms with van der Waals surface area (Å²) in [7, 11) is 0. The van der Waals surface area contributed by atoms with Crippen LogP contribution in [-0.2, 0) is 4.79 Å². The van der Waals surface area contributed by atoms with Gasteiger partial charge in [0, 0.05) is 5.92 Å². The van der Waals surface area contributed by atoms with Gasteiger partial charge in [0.15, 0.2) is 6.04 Å². The molecule has 0 aliphatic heterocycles. The SMILES string of the molecule is CC(C)[C@H]([NH3+])C(=O)O.O=[N+]([O-])c1cc([N+](=O)[O-])c([O-])c([N+](=O)[O-])c1. The van der Waals surface area contributed by atoms with Crippen molar-refractivity contribution >= 4 is 23.0 Å². The van der Waals surface area contributed by atoms with E-state index in [2.05, 4.69) is 5.73 Å². The Morgan fingerprint density at radius 2 is 1.42 bits per heavy atom. The van der Waals surface area contributed by atoms with E-state index in [1.165, 1.54) is 0 Å². The average Bonchev–Trinajstić information content (AvgIpc) is 2.45. The monoisotopic (exact) mass is 346 g/mol. The van der Waals surface area contributed by atoms with Gasteiger partial charge in [0.05, 0.1) is 32.7 Å². The van der Waals surface area contributed by atoms with Crippen LogP contribution >= 0.6 is 0 Å². The summed E-state index contributed by atoms with van der Waals surface area (Å²) in [6, 6.07) is 0.306. The number of carboxylic acid groups (broad SMARTS) is 1. The molecule has 0 saturated carbocycles. The highest BCUT2D eigenvalue weighted by atomic mass is 16.6. The molecule has 0 amide bonds. The van der Waals surface area contributed by atoms with Gasteiger partial charge in [-0.15, -0.1) is 0 Å². The maximum Gasteiger partial charge on any atom is 0.362 e. The topological polar surface area (TPSA) is 217 Å². The average molecular weight is 346 g/mol. The van der Waals surface area contributed by atoms with E-state index >= 15 is 0 Å². The lowest BCUT2D eigenvalue weighted by Crippen LogP contribution is -2.67. The van der Waals surface area contributed by atoms with Gasteiger partial charge < -0.3 is 15.9 Å². The molecule has 0 aliphatic carbocycles. The summed E-state index contributed by atoms with van der Waals surface area (Å²) in [5.74, 6) is -2.15. The number of nitro benzene ring substituents is 3. The van der Waals surface area contributed by atoms with E-state index in [1.54, 1.807) is 0 Å². The van der Waals surface area contributed by atoms with Crippen LogP contribution in [0.1, 0.15) is 13.8 Å². The van der Waals surface area contributed by atoms with E-state index < -0.39 is 49.6 Å². The van der Waals surface area contributed by atoms with Crippen molar-refractivity contribution in [2.24, 2.45) is 5.92 Å². The number of carboxylic acids is 1. The van der Waals surface area contributed by atoms with Gasteiger partial charge in [-0.3, -0.25) is 30.3 Å². The molecule has 4 N–H and O–H groups in total. The predicted octanol–water partition coefficient (Wildman–Crippen LogP) is -0.178. The first-order valence-corrected chi connectivity index (χ1v) is 6.24. The Balaban J connectivity index is 0.000000561. The largest absolute Gasteiger partial charge is 0.863 e. The fourth-order valence-electron chi connectivity index (χ4n) is 1.25. The number of non-ortho nitro benzene ring substituents is 1. The molecular formula is C11H14N4O9. The second kappa shape index (κ2) is 8.33. The van der Waals surface area contributed by atoms with Crippen molar-refractivity contribution in [2.45, 2.75) is 19.9 Å². The van der Waals surface area contributed by atoms with Gasteiger partial charge in [0.2, 0.25) is 0 Å². The van der Waals surface area contributed by atoms with Gasteiger partial charge in [0.25, 0.3) is 17.1 Å². The minimum atomic E-state index is -1.46. The van der Waals surface area contributed by atoms with Crippen LogP contribution in [0.15, 0.2) is 12.1 Å². The molecule has 0 aliphatic rings. The summed E-state index contributed by atoms with van der Waals surface area (Å²) >= 11 is 0. The Bertz CT molecular complexity index is 638. The molecule has 0 saturated heterocycles. The Morgan fingerprint density at radius 1 is 1.04 bits per heavy atom. The van der Waals surface area contributed by atoms with Crippen molar-refractivity contribution < 1.29 is 35.5 Å². The number of hydrogen-bond acceptors (Lipinski definition) is 8. The van der Waals surface area contributed by atoms with Crippen molar-refractivity contribution in [3.05, 3.63) is 42.5 Å². The summed E-state index contributed by atoms with van der Waals surface area (Å²) in [5, 5.41) is 50.4. The van der Waals surface area contributed by atoms with Gasteiger partial charge in [-0.2, -0.15) is 0 Å². The number of rotatable bonds is 5. The Kier molecular flexibility index (Phi) is 7.16. The molecule has 1 rings (SSSR count). The summed E-state index contributed by atoms with van der Waals surface area (Å²) < 4.78 is 0. The third-order valence-electron chi connectivity index (χ3n) is 2.76. The number of nitrogens with zero attached hydrogens (tertiary/aromatic N) is 3. The first kappa shape index (κ1) is 20.6. The van der Waals surface area contributed by atoms with E-state index in [-0.39, 0.29) is 5.92 Å². The lowest BCUT2D eigenvalue weighted by molar-refractivity contribution is -0.420. The zero-order chi connectivity index (χ0) is 19.2. The van der Waals surface area contributed by atoms with E-state index in [1.807, 2.05) is 13.8 Å². The third-order valence-corrected chi connectivity index (χ3v) is 2.76. The van der Waals surface area contributed by atoms with Gasteiger partial charge in [-0.1, -0.05) is 13.8 Å². The van der Waals surface area contributed by atoms with Crippen LogP contribution in [0.25, 0.3) is 0 Å². The van der Waals surface area contributed by atoms with Crippen LogP contribution in [0.3, 0.4) is 0 Å². The number of quaternary nitrogens is 1. The molecule has 0 heterocycles. The highest BCUT2D eigenvalue weighted by Gasteiger charge is 2.24. The number of hydrogen-bond donors (Lipinski definition) is 2. The van der Waals surface area contributed by atoms with Crippen LogP contribution < -0.4 is 10.8 Å². The number of aliphatic carboxylic acids is 1. The van der Waals surface area contributed by atoms with Crippen LogP contribution in [0, 0.1) is 36.3 Å². The van der Waals surface area contributed by atoms with Crippen LogP contribution in [-0.4, -0.2) is 31.9 Å². The smallest absolute Gasteiger partial charge is 0.362 e. The fourth-order valence-corrected chi connectivity index (χ4v) is 1.25. The highest BCUT2D eigenvalue weighted by molar-refractivity contribution is 5.71. The summed E-state index contributed by atoms with van der Waals surface area (Å²) in [6.07, 6.45) is 0. The molecule has 132 valence electrons. The Hall–Kier alpha value is -3.35. The lowest BCUT2D eigenvalue weighted by Gasteiger charge is -2.06. The Morgan fingerprint density at radius 3 is 1.58 bits per heavy atom. The van der Waals surface area contributed by atoms with E-state index in [0.717, 1.165) is 0 Å². The van der Waals surface area contributed by atoms with E-state index in [9.17, 15) is 40.2 Å². The molecule has 1 atom stereocenters. The molecule has 13 heteroatoms. The Labute approximate surface area is 133 Å². The lowest BCUT2D eigenvalue weighted by atomic mass is 10.1. The van der Waals surface area contributed by atoms with E-state index in [0.29, 0.717) is 12.1 Å². The third kappa shape index (κ3) is 5.45. The van der Waals surface area contributed by atoms with Crippen LogP contribution in [0.2, 0.25) is 0 Å². The van der Waals surface area contributed by atoms with Gasteiger partial charge in [-0.25, -0.2) is 4.79 Å². The summed E-state index contributed by atoms with van der Waals surface area (Å²) in [6.45, 7) is 3.68. The molecule has 1 aromatic rings. The highest BCUT2D eigenvalue weighted by Crippen LogP contribution is 2.36. The number of nitro groups is 3. The van der Waals surface area contributed by atoms with Gasteiger partial charge in [-0.05, 0) is 0 Å². The maximum atomic E-state index is 11.1. The minimum absolute atomic E-state index is 0.132. The second-order valence-corrected chi connectivity index (χ2v) is 4.77. The number of carbonyl (C=O) groups is 1. The van der Waals surface area contributed by atoms with Crippen LogP contribution in [0.5, 0.6) is 5.75 Å². The van der Waals surface area contributed by atoms with Crippen molar-refractivity contribution in [3.63, 3.8) is 0 Å². The van der Waals surface area contributed by atoms with Crippen molar-refractivity contribution in [2.75, 3.05) is 0 Å². The van der Waals surface area contributed by atoms with E-state index in [4.69, 9.17) is 5.11 Å². The predicted molar refractivity (Wildman–Crippen MR) is 75.0 cm³/mol. The molecule has 0 fully saturated rings. The van der Waals surface area contributed by atoms with Crippen molar-refractivity contribution in [3.8, 4) is 5.75 Å². The minimum Gasteiger partial charge on any atom is -0.863 e. The van der Waals surface area contributed by atoms with Gasteiger partial charge >= 0.3 is 5.97 Å². The van der Waals surface area contributed by atoms with Crippen molar-refractivity contribution in [1.29, 1.82) is 0 Å². The maximum absolute atomic E-state index is 11.1. The fraction of sp³-hybridized carbons (Fsp3) is 0.364.